The van der Waals surface area contributed by atoms with Gasteiger partial charge in [0.15, 0.2) is 5.69 Å². The predicted molar refractivity (Wildman–Crippen MR) is 68.5 cm³/mol. The Morgan fingerprint density at radius 3 is 2.84 bits per heavy atom. The van der Waals surface area contributed by atoms with E-state index in [1.807, 2.05) is 0 Å². The molecule has 0 spiro atoms. The molecule has 0 aliphatic heterocycles. The van der Waals surface area contributed by atoms with E-state index in [-0.39, 0.29) is 12.3 Å². The molecule has 2 rings (SSSR count). The van der Waals surface area contributed by atoms with E-state index >= 15 is 0 Å². The number of nitrogens with zero attached hydrogens (tertiary/aromatic N) is 1. The molecule has 0 radical (unpaired) electrons. The first-order chi connectivity index (χ1) is 9.04. The van der Waals surface area contributed by atoms with Gasteiger partial charge in [0.05, 0.1) is 18.0 Å². The van der Waals surface area contributed by atoms with Crippen LogP contribution in [0.2, 0.25) is 0 Å². The number of nitrogen functional groups attached to an aromatic ring is 1. The van der Waals surface area contributed by atoms with Crippen LogP contribution in [0.3, 0.4) is 0 Å². The number of aromatic nitrogens is 2. The van der Waals surface area contributed by atoms with Crippen LogP contribution in [0, 0.1) is 0 Å². The van der Waals surface area contributed by atoms with Crippen LogP contribution in [0.1, 0.15) is 48.8 Å². The van der Waals surface area contributed by atoms with Crippen LogP contribution in [0.5, 0.6) is 0 Å². The van der Waals surface area contributed by atoms with Crippen molar-refractivity contribution in [1.82, 2.24) is 15.5 Å². The van der Waals surface area contributed by atoms with E-state index in [1.54, 1.807) is 13.8 Å². The zero-order valence-electron chi connectivity index (χ0n) is 11.0. The van der Waals surface area contributed by atoms with Gasteiger partial charge in [0.1, 0.15) is 6.04 Å². The maximum absolute atomic E-state index is 12.0. The Hall–Kier alpha value is -2.05. The molecule has 1 aliphatic rings. The van der Waals surface area contributed by atoms with E-state index < -0.39 is 17.9 Å². The minimum absolute atomic E-state index is 0.137. The maximum atomic E-state index is 12.0. The third-order valence-electron chi connectivity index (χ3n) is 3.02. The number of carbonyl (C=O) groups is 2. The molecule has 0 saturated heterocycles. The average molecular weight is 266 g/mol. The number of hydrogen-bond acceptors (Lipinski definition) is 5. The Bertz CT molecular complexity index is 493. The summed E-state index contributed by atoms with van der Waals surface area (Å²) in [5.41, 5.74) is 7.21. The van der Waals surface area contributed by atoms with Crippen molar-refractivity contribution in [3.05, 3.63) is 11.4 Å². The lowest BCUT2D eigenvalue weighted by atomic mass is 10.2. The number of anilines is 1. The number of nitrogens with two attached hydrogens (primary N) is 1. The number of H-pyrrole nitrogens is 1. The smallest absolute Gasteiger partial charge is 0.328 e. The van der Waals surface area contributed by atoms with Crippen LogP contribution in [0.15, 0.2) is 0 Å². The monoisotopic (exact) mass is 266 g/mol. The number of nitrogens with one attached hydrogen (secondary N) is 2. The van der Waals surface area contributed by atoms with Crippen molar-refractivity contribution in [1.29, 1.82) is 0 Å². The fraction of sp³-hybridized carbons (Fsp3) is 0.583. The highest BCUT2D eigenvalue weighted by Gasteiger charge is 2.31. The molecule has 1 aromatic rings. The number of rotatable bonds is 5. The normalized spacial score (nSPS) is 15.9. The molecule has 1 heterocycles. The summed E-state index contributed by atoms with van der Waals surface area (Å²) in [4.78, 5) is 23.4. The van der Waals surface area contributed by atoms with E-state index in [0.29, 0.717) is 11.6 Å². The number of esters is 1. The third-order valence-corrected chi connectivity index (χ3v) is 3.02. The van der Waals surface area contributed by atoms with Crippen molar-refractivity contribution in [2.75, 3.05) is 12.3 Å². The third kappa shape index (κ3) is 2.86. The largest absolute Gasteiger partial charge is 0.464 e. The minimum atomic E-state index is -0.729. The maximum Gasteiger partial charge on any atom is 0.328 e. The zero-order valence-corrected chi connectivity index (χ0v) is 11.0. The summed E-state index contributed by atoms with van der Waals surface area (Å²) in [6.45, 7) is 3.54. The molecule has 1 fully saturated rings. The molecule has 1 saturated carbocycles. The minimum Gasteiger partial charge on any atom is -0.464 e. The van der Waals surface area contributed by atoms with Crippen LogP contribution in [0.25, 0.3) is 0 Å². The summed E-state index contributed by atoms with van der Waals surface area (Å²) >= 11 is 0. The van der Waals surface area contributed by atoms with Gasteiger partial charge in [-0.1, -0.05) is 0 Å². The number of amides is 1. The molecule has 1 unspecified atom stereocenters. The van der Waals surface area contributed by atoms with Gasteiger partial charge in [-0.2, -0.15) is 5.10 Å². The number of hydrogen-bond donors (Lipinski definition) is 3. The van der Waals surface area contributed by atoms with Gasteiger partial charge in [0, 0.05) is 5.92 Å². The van der Waals surface area contributed by atoms with Crippen molar-refractivity contribution in [2.45, 2.75) is 38.6 Å². The highest BCUT2D eigenvalue weighted by atomic mass is 16.5. The van der Waals surface area contributed by atoms with Gasteiger partial charge in [-0.3, -0.25) is 9.89 Å². The van der Waals surface area contributed by atoms with Crippen LogP contribution >= 0.6 is 0 Å². The molecule has 0 aromatic carbocycles. The first-order valence-electron chi connectivity index (χ1n) is 6.35. The fourth-order valence-corrected chi connectivity index (χ4v) is 1.81. The first-order valence-corrected chi connectivity index (χ1v) is 6.35. The summed E-state index contributed by atoms with van der Waals surface area (Å²) in [6.07, 6.45) is 2.12. The fourth-order valence-electron chi connectivity index (χ4n) is 1.81. The standard InChI is InChI=1S/C12H18N4O3/c1-3-19-12(18)6(2)14-11(17)10-8(13)9(15-16-10)7-4-5-7/h6-7H,3-5,13H2,1-2H3,(H,14,17)(H,15,16). The van der Waals surface area contributed by atoms with Crippen LogP contribution in [-0.4, -0.2) is 34.7 Å². The number of carbonyl (C=O) groups excluding carboxylic acids is 2. The van der Waals surface area contributed by atoms with Gasteiger partial charge >= 0.3 is 5.97 Å². The topological polar surface area (TPSA) is 110 Å². The Morgan fingerprint density at radius 2 is 2.26 bits per heavy atom. The summed E-state index contributed by atoms with van der Waals surface area (Å²) in [7, 11) is 0. The molecule has 7 nitrogen and oxygen atoms in total. The molecule has 104 valence electrons. The number of ether oxygens (including phenoxy) is 1. The second kappa shape index (κ2) is 5.29. The predicted octanol–water partition coefficient (Wildman–Crippen LogP) is 0.551. The Kier molecular flexibility index (Phi) is 3.73. The molecular weight excluding hydrogens is 248 g/mol. The molecule has 4 N–H and O–H groups in total. The number of aromatic amines is 1. The first kappa shape index (κ1) is 13.4. The van der Waals surface area contributed by atoms with E-state index in [1.165, 1.54) is 0 Å². The zero-order chi connectivity index (χ0) is 14.0. The lowest BCUT2D eigenvalue weighted by molar-refractivity contribution is -0.144. The van der Waals surface area contributed by atoms with Gasteiger partial charge in [-0.25, -0.2) is 4.79 Å². The van der Waals surface area contributed by atoms with Crippen molar-refractivity contribution < 1.29 is 14.3 Å². The van der Waals surface area contributed by atoms with Crippen molar-refractivity contribution >= 4 is 17.6 Å². The van der Waals surface area contributed by atoms with Gasteiger partial charge < -0.3 is 15.8 Å². The Morgan fingerprint density at radius 1 is 1.58 bits per heavy atom. The van der Waals surface area contributed by atoms with Crippen molar-refractivity contribution in [3.63, 3.8) is 0 Å². The van der Waals surface area contributed by atoms with Crippen molar-refractivity contribution in [3.8, 4) is 0 Å². The lowest BCUT2D eigenvalue weighted by Crippen LogP contribution is -2.40. The molecule has 1 aliphatic carbocycles. The van der Waals surface area contributed by atoms with E-state index in [2.05, 4.69) is 15.5 Å². The van der Waals surface area contributed by atoms with Gasteiger partial charge in [-0.15, -0.1) is 0 Å². The van der Waals surface area contributed by atoms with E-state index in [4.69, 9.17) is 10.5 Å². The summed E-state index contributed by atoms with van der Waals surface area (Å²) < 4.78 is 4.81. The van der Waals surface area contributed by atoms with Gasteiger partial charge in [0.2, 0.25) is 0 Å². The molecule has 1 amide bonds. The molecule has 7 heteroatoms. The Balaban J connectivity index is 2.01. The molecule has 1 atom stereocenters. The Labute approximate surface area is 110 Å². The summed E-state index contributed by atoms with van der Waals surface area (Å²) in [5, 5.41) is 9.23. The highest BCUT2D eigenvalue weighted by molar-refractivity contribution is 5.99. The second-order valence-electron chi connectivity index (χ2n) is 4.62. The second-order valence-corrected chi connectivity index (χ2v) is 4.62. The van der Waals surface area contributed by atoms with Gasteiger partial charge in [0.25, 0.3) is 5.91 Å². The van der Waals surface area contributed by atoms with Crippen LogP contribution in [0.4, 0.5) is 5.69 Å². The average Bonchev–Trinajstić information content (AvgIpc) is 3.13. The van der Waals surface area contributed by atoms with Crippen molar-refractivity contribution in [2.24, 2.45) is 0 Å². The summed E-state index contributed by atoms with van der Waals surface area (Å²) in [5.74, 6) is -0.565. The molecule has 0 bridgehead atoms. The summed E-state index contributed by atoms with van der Waals surface area (Å²) in [6, 6.07) is -0.729. The molecule has 1 aromatic heterocycles. The SMILES string of the molecule is CCOC(=O)C(C)NC(=O)c1n[nH]c(C2CC2)c1N. The highest BCUT2D eigenvalue weighted by Crippen LogP contribution is 2.42. The van der Waals surface area contributed by atoms with Crippen LogP contribution in [-0.2, 0) is 9.53 Å². The lowest BCUT2D eigenvalue weighted by Gasteiger charge is -2.11. The molecular formula is C12H18N4O3. The quantitative estimate of drug-likeness (QED) is 0.674. The van der Waals surface area contributed by atoms with E-state index in [0.717, 1.165) is 18.5 Å². The van der Waals surface area contributed by atoms with E-state index in [9.17, 15) is 9.59 Å². The van der Waals surface area contributed by atoms with Crippen LogP contribution < -0.4 is 11.1 Å². The van der Waals surface area contributed by atoms with Gasteiger partial charge in [-0.05, 0) is 26.7 Å². The molecule has 19 heavy (non-hydrogen) atoms.